The third-order valence-electron chi connectivity index (χ3n) is 8.28. The molecule has 210 valence electrons. The molecule has 10 heteroatoms. The Morgan fingerprint density at radius 2 is 1.90 bits per heavy atom. The van der Waals surface area contributed by atoms with E-state index in [-0.39, 0.29) is 23.8 Å². The lowest BCUT2D eigenvalue weighted by molar-refractivity contribution is 0.0442. The predicted molar refractivity (Wildman–Crippen MR) is 158 cm³/mol. The molecule has 0 spiro atoms. The maximum atomic E-state index is 11.8. The van der Waals surface area contributed by atoms with Gasteiger partial charge in [0.2, 0.25) is 5.95 Å². The van der Waals surface area contributed by atoms with Gasteiger partial charge in [-0.2, -0.15) is 4.98 Å². The lowest BCUT2D eigenvalue weighted by Crippen LogP contribution is -2.57. The van der Waals surface area contributed by atoms with Gasteiger partial charge in [-0.05, 0) is 54.3 Å². The molecular weight excluding hydrogens is 512 g/mol. The minimum Gasteiger partial charge on any atom is -0.381 e. The average Bonchev–Trinajstić information content (AvgIpc) is 2.89. The number of nitrogens with zero attached hydrogens (tertiary/aromatic N) is 5. The molecule has 2 aliphatic heterocycles. The second-order valence-electron chi connectivity index (χ2n) is 11.5. The van der Waals surface area contributed by atoms with Crippen LogP contribution in [0.4, 0.5) is 23.3 Å². The number of pyridine rings is 1. The number of methoxy groups -OCH3 is 1. The maximum Gasteiger partial charge on any atom is 0.227 e. The molecule has 2 saturated heterocycles. The standard InChI is InChI=1S/C29H40N6O3S/c1-18(2)22-7-8-25(35-16-21(20(35)4)17-39(6,36)37)24-14-31-28(13-23(22)24)32-27-9-11-30-29(33-27)34-12-10-26(38-5)19(3)15-34/h7-9,11,13-14,18-21,26H,10,12,15-17H2,1-6H3,(H,30,31,32,33)/t19-,20+,21+,26-/m0/s1. The monoisotopic (exact) mass is 552 g/mol. The van der Waals surface area contributed by atoms with Gasteiger partial charge in [0.25, 0.3) is 0 Å². The second-order valence-corrected chi connectivity index (χ2v) is 13.7. The number of sulfone groups is 1. The second kappa shape index (κ2) is 10.9. The molecule has 2 fully saturated rings. The van der Waals surface area contributed by atoms with Crippen molar-refractivity contribution >= 4 is 43.9 Å². The molecule has 2 aliphatic rings. The van der Waals surface area contributed by atoms with Crippen LogP contribution in [0.15, 0.2) is 36.7 Å². The van der Waals surface area contributed by atoms with Crippen LogP contribution in [0.1, 0.15) is 45.6 Å². The lowest BCUT2D eigenvalue weighted by Gasteiger charge is -2.48. The molecule has 0 saturated carbocycles. The van der Waals surface area contributed by atoms with Gasteiger partial charge in [0, 0.05) is 68.4 Å². The Balaban J connectivity index is 1.40. The molecule has 1 N–H and O–H groups in total. The molecule has 9 nitrogen and oxygen atoms in total. The summed E-state index contributed by atoms with van der Waals surface area (Å²) in [5.41, 5.74) is 2.35. The smallest absolute Gasteiger partial charge is 0.227 e. The molecule has 39 heavy (non-hydrogen) atoms. The third kappa shape index (κ3) is 5.82. The van der Waals surface area contributed by atoms with Crippen molar-refractivity contribution in [2.24, 2.45) is 11.8 Å². The maximum absolute atomic E-state index is 11.8. The van der Waals surface area contributed by atoms with Crippen LogP contribution in [0.3, 0.4) is 0 Å². The molecule has 0 radical (unpaired) electrons. The van der Waals surface area contributed by atoms with E-state index in [0.29, 0.717) is 23.6 Å². The zero-order valence-corrected chi connectivity index (χ0v) is 24.6. The van der Waals surface area contributed by atoms with Crippen LogP contribution in [0, 0.1) is 11.8 Å². The van der Waals surface area contributed by atoms with Crippen LogP contribution in [0.25, 0.3) is 10.8 Å². The first kappa shape index (κ1) is 27.6. The zero-order chi connectivity index (χ0) is 27.9. The molecule has 0 amide bonds. The van der Waals surface area contributed by atoms with Crippen molar-refractivity contribution in [1.29, 1.82) is 0 Å². The highest BCUT2D eigenvalue weighted by atomic mass is 32.2. The van der Waals surface area contributed by atoms with E-state index in [9.17, 15) is 8.42 Å². The van der Waals surface area contributed by atoms with E-state index < -0.39 is 9.84 Å². The van der Waals surface area contributed by atoms with Gasteiger partial charge in [-0.15, -0.1) is 0 Å². The number of anilines is 4. The first-order valence-electron chi connectivity index (χ1n) is 13.8. The number of benzene rings is 1. The molecule has 1 aromatic carbocycles. The van der Waals surface area contributed by atoms with Gasteiger partial charge in [0.05, 0.1) is 11.9 Å². The Morgan fingerprint density at radius 1 is 1.10 bits per heavy atom. The van der Waals surface area contributed by atoms with Crippen molar-refractivity contribution in [1.82, 2.24) is 15.0 Å². The topological polar surface area (TPSA) is 101 Å². The first-order chi connectivity index (χ1) is 18.5. The first-order valence-corrected chi connectivity index (χ1v) is 15.8. The summed E-state index contributed by atoms with van der Waals surface area (Å²) in [6.45, 7) is 11.2. The Kier molecular flexibility index (Phi) is 7.70. The lowest BCUT2D eigenvalue weighted by atomic mass is 9.88. The molecule has 4 heterocycles. The van der Waals surface area contributed by atoms with Crippen LogP contribution in [0.2, 0.25) is 0 Å². The fourth-order valence-electron chi connectivity index (χ4n) is 6.01. The summed E-state index contributed by atoms with van der Waals surface area (Å²) < 4.78 is 29.3. The van der Waals surface area contributed by atoms with Gasteiger partial charge in [-0.3, -0.25) is 0 Å². The number of ether oxygens (including phenoxy) is 1. The number of aromatic nitrogens is 3. The van der Waals surface area contributed by atoms with Crippen molar-refractivity contribution in [2.45, 2.75) is 52.2 Å². The zero-order valence-electron chi connectivity index (χ0n) is 23.8. The van der Waals surface area contributed by atoms with Crippen molar-refractivity contribution in [3.63, 3.8) is 0 Å². The summed E-state index contributed by atoms with van der Waals surface area (Å²) in [6.07, 6.45) is 6.26. The van der Waals surface area contributed by atoms with Gasteiger partial charge < -0.3 is 19.9 Å². The fourth-order valence-corrected chi connectivity index (χ4v) is 7.17. The summed E-state index contributed by atoms with van der Waals surface area (Å²) in [7, 11) is -1.22. The van der Waals surface area contributed by atoms with Crippen molar-refractivity contribution < 1.29 is 13.2 Å². The summed E-state index contributed by atoms with van der Waals surface area (Å²) in [5, 5.41) is 5.62. The predicted octanol–water partition coefficient (Wildman–Crippen LogP) is 4.62. The highest BCUT2D eigenvalue weighted by Gasteiger charge is 2.38. The van der Waals surface area contributed by atoms with Crippen LogP contribution in [-0.4, -0.2) is 74.3 Å². The molecule has 3 aromatic rings. The molecule has 0 unspecified atom stereocenters. The minimum absolute atomic E-state index is 0.143. The normalized spacial score (nSPS) is 23.8. The van der Waals surface area contributed by atoms with E-state index in [0.717, 1.165) is 48.3 Å². The van der Waals surface area contributed by atoms with E-state index in [1.54, 1.807) is 13.3 Å². The Morgan fingerprint density at radius 3 is 2.56 bits per heavy atom. The average molecular weight is 553 g/mol. The van der Waals surface area contributed by atoms with Crippen LogP contribution < -0.4 is 15.1 Å². The molecule has 4 atom stereocenters. The van der Waals surface area contributed by atoms with Crippen molar-refractivity contribution in [3.8, 4) is 0 Å². The Bertz CT molecular complexity index is 1450. The van der Waals surface area contributed by atoms with Crippen LogP contribution >= 0.6 is 0 Å². The Hall–Kier alpha value is -2.98. The number of hydrogen-bond acceptors (Lipinski definition) is 9. The third-order valence-corrected chi connectivity index (χ3v) is 9.31. The number of nitrogens with one attached hydrogen (secondary N) is 1. The van der Waals surface area contributed by atoms with Gasteiger partial charge >= 0.3 is 0 Å². The molecule has 0 bridgehead atoms. The number of rotatable bonds is 8. The van der Waals surface area contributed by atoms with E-state index in [1.165, 1.54) is 11.8 Å². The molecule has 0 aliphatic carbocycles. The quantitative estimate of drug-likeness (QED) is 0.429. The van der Waals surface area contributed by atoms with E-state index in [4.69, 9.17) is 14.7 Å². The van der Waals surface area contributed by atoms with Gasteiger partial charge in [0.15, 0.2) is 0 Å². The van der Waals surface area contributed by atoms with Gasteiger partial charge in [0.1, 0.15) is 21.5 Å². The molecular formula is C29H40N6O3S. The number of fused-ring (bicyclic) bond motifs is 1. The fraction of sp³-hybridized carbons (Fsp3) is 0.552. The largest absolute Gasteiger partial charge is 0.381 e. The summed E-state index contributed by atoms with van der Waals surface area (Å²) in [5.74, 6) is 3.26. The van der Waals surface area contributed by atoms with Gasteiger partial charge in [-0.1, -0.05) is 26.8 Å². The van der Waals surface area contributed by atoms with E-state index in [2.05, 4.69) is 66.0 Å². The SMILES string of the molecule is CO[C@H]1CCN(c2nccc(Nc3cc4c(C(C)C)ccc(N5C[C@H](CS(C)(=O)=O)[C@H]5C)c4cn3)n2)C[C@@H]1C. The van der Waals surface area contributed by atoms with E-state index in [1.807, 2.05) is 12.3 Å². The van der Waals surface area contributed by atoms with Crippen molar-refractivity contribution in [3.05, 3.63) is 42.2 Å². The van der Waals surface area contributed by atoms with Crippen LogP contribution in [-0.2, 0) is 14.6 Å². The minimum atomic E-state index is -3.00. The van der Waals surface area contributed by atoms with Crippen LogP contribution in [0.5, 0.6) is 0 Å². The summed E-state index contributed by atoms with van der Waals surface area (Å²) in [6, 6.07) is 8.46. The summed E-state index contributed by atoms with van der Waals surface area (Å²) in [4.78, 5) is 18.6. The highest BCUT2D eigenvalue weighted by molar-refractivity contribution is 7.90. The van der Waals surface area contributed by atoms with Crippen molar-refractivity contribution in [2.75, 3.05) is 53.9 Å². The Labute approximate surface area is 231 Å². The van der Waals surface area contributed by atoms with Gasteiger partial charge in [-0.25, -0.2) is 18.4 Å². The summed E-state index contributed by atoms with van der Waals surface area (Å²) >= 11 is 0. The molecule has 5 rings (SSSR count). The van der Waals surface area contributed by atoms with E-state index >= 15 is 0 Å². The number of hydrogen-bond donors (Lipinski definition) is 1. The highest BCUT2D eigenvalue weighted by Crippen LogP contribution is 2.39. The molecule has 2 aromatic heterocycles. The number of piperidine rings is 1.